The largest absolute Gasteiger partial charge is 0.548 e. The number of benzene rings is 1. The number of aliphatic carboxylic acids is 1. The van der Waals surface area contributed by atoms with E-state index in [9.17, 15) is 19.5 Å². The molecule has 0 aliphatic carbocycles. The highest BCUT2D eigenvalue weighted by Gasteiger charge is 2.62. The van der Waals surface area contributed by atoms with Crippen molar-refractivity contribution in [3.63, 3.8) is 0 Å². The Labute approximate surface area is 154 Å². The molecule has 8 nitrogen and oxygen atoms in total. The number of nitrogens with zero attached hydrogens (tertiary/aromatic N) is 1. The summed E-state index contributed by atoms with van der Waals surface area (Å²) < 4.78 is 9.71. The topological polar surface area (TPSA) is 108 Å². The van der Waals surface area contributed by atoms with Gasteiger partial charge in [0.15, 0.2) is 0 Å². The van der Waals surface area contributed by atoms with Crippen LogP contribution in [0.1, 0.15) is 24.2 Å². The highest BCUT2D eigenvalue weighted by Crippen LogP contribution is 2.50. The van der Waals surface area contributed by atoms with E-state index in [-0.39, 0.29) is 5.56 Å². The fraction of sp³-hybridized carbons (Fsp3) is 0.471. The number of carboxylic acid groups (broad SMARTS) is 1. The number of nitrogens with one attached hydrogen (secondary N) is 1. The number of ether oxygens (including phenoxy) is 2. The van der Waals surface area contributed by atoms with E-state index in [1.165, 1.54) is 30.9 Å². The average Bonchev–Trinajstić information content (AvgIpc) is 2.86. The molecular formula is C17H19N2O6S-. The third-order valence-corrected chi connectivity index (χ3v) is 6.18. The zero-order chi connectivity index (χ0) is 19.2. The summed E-state index contributed by atoms with van der Waals surface area (Å²) in [5, 5.41) is 13.7. The minimum atomic E-state index is -1.30. The molecule has 0 aromatic heterocycles. The minimum Gasteiger partial charge on any atom is -0.548 e. The number of amides is 2. The molecule has 26 heavy (non-hydrogen) atoms. The Bertz CT molecular complexity index is 758. The highest BCUT2D eigenvalue weighted by molar-refractivity contribution is 8.01. The van der Waals surface area contributed by atoms with Crippen molar-refractivity contribution < 1.29 is 29.0 Å². The van der Waals surface area contributed by atoms with Crippen LogP contribution in [0.25, 0.3) is 0 Å². The summed E-state index contributed by atoms with van der Waals surface area (Å²) in [6.07, 6.45) is 0. The van der Waals surface area contributed by atoms with Crippen LogP contribution in [0.15, 0.2) is 18.2 Å². The minimum absolute atomic E-state index is 0.183. The third-order valence-electron chi connectivity index (χ3n) is 4.61. The molecule has 1 N–H and O–H groups in total. The Kier molecular flexibility index (Phi) is 4.51. The van der Waals surface area contributed by atoms with Crippen molar-refractivity contribution in [1.29, 1.82) is 0 Å². The second-order valence-electron chi connectivity index (χ2n) is 6.57. The summed E-state index contributed by atoms with van der Waals surface area (Å²) in [6, 6.07) is 3.08. The van der Waals surface area contributed by atoms with Crippen molar-refractivity contribution in [2.24, 2.45) is 0 Å². The summed E-state index contributed by atoms with van der Waals surface area (Å²) >= 11 is 1.33. The Morgan fingerprint density at radius 2 is 1.81 bits per heavy atom. The van der Waals surface area contributed by atoms with Gasteiger partial charge in [0.1, 0.15) is 28.5 Å². The Morgan fingerprint density at radius 3 is 2.31 bits per heavy atom. The molecule has 0 unspecified atom stereocenters. The van der Waals surface area contributed by atoms with Gasteiger partial charge >= 0.3 is 0 Å². The molecule has 0 spiro atoms. The van der Waals surface area contributed by atoms with Crippen LogP contribution in [-0.2, 0) is 9.59 Å². The number of carbonyl (C=O) groups excluding carboxylic acids is 3. The zero-order valence-electron chi connectivity index (χ0n) is 14.8. The molecule has 2 heterocycles. The molecule has 2 aliphatic heterocycles. The second kappa shape index (κ2) is 6.39. The number of hydrogen-bond donors (Lipinski definition) is 1. The number of carbonyl (C=O) groups is 3. The number of β-lactam (4-membered cyclic amide) rings is 1. The number of fused-ring (bicyclic) bond motifs is 1. The second-order valence-corrected chi connectivity index (χ2v) is 8.34. The molecule has 140 valence electrons. The van der Waals surface area contributed by atoms with Crippen molar-refractivity contribution in [1.82, 2.24) is 10.2 Å². The molecule has 0 bridgehead atoms. The maximum Gasteiger partial charge on any atom is 0.259 e. The Morgan fingerprint density at radius 1 is 1.23 bits per heavy atom. The van der Waals surface area contributed by atoms with Gasteiger partial charge in [0.2, 0.25) is 5.91 Å². The molecule has 2 amide bonds. The van der Waals surface area contributed by atoms with Gasteiger partial charge in [0.25, 0.3) is 5.91 Å². The first kappa shape index (κ1) is 18.4. The predicted molar refractivity (Wildman–Crippen MR) is 91.9 cm³/mol. The molecule has 3 rings (SSSR count). The normalized spacial score (nSPS) is 25.9. The maximum absolute atomic E-state index is 12.7. The lowest BCUT2D eigenvalue weighted by Crippen LogP contribution is -2.71. The van der Waals surface area contributed by atoms with Crippen LogP contribution < -0.4 is 19.9 Å². The van der Waals surface area contributed by atoms with Gasteiger partial charge in [-0.25, -0.2) is 0 Å². The lowest BCUT2D eigenvalue weighted by molar-refractivity contribution is -0.312. The van der Waals surface area contributed by atoms with Crippen molar-refractivity contribution >= 4 is 29.5 Å². The van der Waals surface area contributed by atoms with E-state index in [4.69, 9.17) is 9.47 Å². The van der Waals surface area contributed by atoms with Gasteiger partial charge < -0.3 is 29.6 Å². The van der Waals surface area contributed by atoms with Gasteiger partial charge in [-0.1, -0.05) is 6.07 Å². The Hall–Kier alpha value is -2.42. The first-order valence-corrected chi connectivity index (χ1v) is 8.83. The van der Waals surface area contributed by atoms with E-state index in [1.807, 2.05) is 0 Å². The van der Waals surface area contributed by atoms with Gasteiger partial charge in [-0.05, 0) is 26.0 Å². The summed E-state index contributed by atoms with van der Waals surface area (Å²) in [5.41, 5.74) is 0.183. The standard InChI is InChI=1S/C17H20N2O6S/c1-17(2)12(16(22)23)19-14(21)11(15(19)26-17)18-13(20)10-8(24-3)6-5-7-9(10)25-4/h5-7,11-12,15H,1-4H3,(H,18,20)(H,22,23)/p-1/t11-,12+,15+/m0/s1. The van der Waals surface area contributed by atoms with Crippen LogP contribution in [0.5, 0.6) is 11.5 Å². The zero-order valence-corrected chi connectivity index (χ0v) is 15.6. The number of carboxylic acids is 1. The average molecular weight is 379 g/mol. The van der Waals surface area contributed by atoms with Crippen LogP contribution >= 0.6 is 11.8 Å². The number of methoxy groups -OCH3 is 2. The maximum atomic E-state index is 12.7. The van der Waals surface area contributed by atoms with Gasteiger partial charge in [-0.2, -0.15) is 0 Å². The van der Waals surface area contributed by atoms with Crippen LogP contribution in [0.2, 0.25) is 0 Å². The molecule has 1 aromatic rings. The molecule has 9 heteroatoms. The van der Waals surface area contributed by atoms with Crippen LogP contribution in [-0.4, -0.2) is 59.1 Å². The lowest BCUT2D eigenvalue weighted by Gasteiger charge is -2.45. The first-order chi connectivity index (χ1) is 12.2. The monoisotopic (exact) mass is 379 g/mol. The van der Waals surface area contributed by atoms with Crippen LogP contribution in [0.4, 0.5) is 0 Å². The number of hydrogen-bond acceptors (Lipinski definition) is 7. The van der Waals surface area contributed by atoms with Crippen molar-refractivity contribution in [3.05, 3.63) is 23.8 Å². The fourth-order valence-corrected chi connectivity index (χ4v) is 5.04. The molecule has 2 fully saturated rings. The summed E-state index contributed by atoms with van der Waals surface area (Å²) in [7, 11) is 2.86. The fourth-order valence-electron chi connectivity index (χ4n) is 3.41. The van der Waals surface area contributed by atoms with Gasteiger partial charge in [0.05, 0.1) is 26.2 Å². The lowest BCUT2D eigenvalue weighted by atomic mass is 9.96. The third kappa shape index (κ3) is 2.66. The van der Waals surface area contributed by atoms with E-state index in [1.54, 1.807) is 32.0 Å². The summed E-state index contributed by atoms with van der Waals surface area (Å²) in [6.45, 7) is 3.48. The van der Waals surface area contributed by atoms with E-state index in [0.29, 0.717) is 11.5 Å². The SMILES string of the molecule is COc1cccc(OC)c1C(=O)N[C@H]1C(=O)N2[C@@H]1SC(C)(C)[C@H]2C(=O)[O-]. The van der Waals surface area contributed by atoms with Gasteiger partial charge in [-0.15, -0.1) is 11.8 Å². The number of rotatable bonds is 5. The van der Waals surface area contributed by atoms with Crippen LogP contribution in [0.3, 0.4) is 0 Å². The number of thioether (sulfide) groups is 1. The molecule has 2 saturated heterocycles. The van der Waals surface area contributed by atoms with Crippen LogP contribution in [0, 0.1) is 0 Å². The molecule has 2 aliphatic rings. The van der Waals surface area contributed by atoms with E-state index >= 15 is 0 Å². The van der Waals surface area contributed by atoms with Crippen molar-refractivity contribution in [3.8, 4) is 11.5 Å². The quantitative estimate of drug-likeness (QED) is 0.695. The van der Waals surface area contributed by atoms with Gasteiger partial charge in [-0.3, -0.25) is 9.59 Å². The van der Waals surface area contributed by atoms with Crippen molar-refractivity contribution in [2.75, 3.05) is 14.2 Å². The molecular weight excluding hydrogens is 360 g/mol. The van der Waals surface area contributed by atoms with Crippen molar-refractivity contribution in [2.45, 2.75) is 36.1 Å². The van der Waals surface area contributed by atoms with E-state index < -0.39 is 40.0 Å². The Balaban J connectivity index is 1.83. The highest BCUT2D eigenvalue weighted by atomic mass is 32.2. The van der Waals surface area contributed by atoms with Gasteiger partial charge in [0, 0.05) is 4.75 Å². The first-order valence-electron chi connectivity index (χ1n) is 7.95. The molecule has 0 saturated carbocycles. The van der Waals surface area contributed by atoms with E-state index in [2.05, 4.69) is 5.32 Å². The summed E-state index contributed by atoms with van der Waals surface area (Å²) in [5.74, 6) is -1.62. The summed E-state index contributed by atoms with van der Waals surface area (Å²) in [4.78, 5) is 37.9. The van der Waals surface area contributed by atoms with E-state index in [0.717, 1.165) is 0 Å². The predicted octanol–water partition coefficient (Wildman–Crippen LogP) is -0.386. The molecule has 3 atom stereocenters. The molecule has 0 radical (unpaired) electrons. The smallest absolute Gasteiger partial charge is 0.259 e. The molecule has 1 aromatic carbocycles.